The minimum Gasteiger partial charge on any atom is -1.00 e. The maximum atomic E-state index is 14.4. The molecule has 0 saturated heterocycles. The third-order valence-electron chi connectivity index (χ3n) is 3.79. The summed E-state index contributed by atoms with van der Waals surface area (Å²) in [7, 11) is 2.29. The van der Waals surface area contributed by atoms with E-state index in [1.54, 1.807) is 0 Å². The Hall–Kier alpha value is -2.20. The van der Waals surface area contributed by atoms with Gasteiger partial charge in [0.05, 0.1) is 16.9 Å². The Bertz CT molecular complexity index is 834. The van der Waals surface area contributed by atoms with Crippen molar-refractivity contribution in [2.24, 2.45) is 7.05 Å². The third kappa shape index (κ3) is 3.65. The van der Waals surface area contributed by atoms with Crippen molar-refractivity contribution in [3.05, 3.63) is 46.3 Å². The number of nitrogens with zero attached hydrogens (tertiary/aromatic N) is 3. The number of halogens is 6. The zero-order valence-electron chi connectivity index (χ0n) is 14.1. The van der Waals surface area contributed by atoms with E-state index in [1.807, 2.05) is 0 Å². The second-order valence-electron chi connectivity index (χ2n) is 5.40. The second kappa shape index (κ2) is 7.58. The van der Waals surface area contributed by atoms with E-state index in [-0.39, 0.29) is 35.9 Å². The minimum absolute atomic E-state index is 0. The standard InChI is InChI=1S/C15H15F5N4O.ClH/c1-7-11(15(18,19)20)13(24(3)22-7)14(25)23(2)10-5-4-9(16)8(6-21)12(10)17;/h4-5H,6,21H2,1-3H3;1H. The van der Waals surface area contributed by atoms with Gasteiger partial charge in [0.15, 0.2) is 5.82 Å². The van der Waals surface area contributed by atoms with Crippen molar-refractivity contribution in [1.29, 1.82) is 0 Å². The van der Waals surface area contributed by atoms with Gasteiger partial charge < -0.3 is 23.0 Å². The highest BCUT2D eigenvalue weighted by atomic mass is 35.5. The molecule has 0 aliphatic rings. The summed E-state index contributed by atoms with van der Waals surface area (Å²) in [4.78, 5) is 13.3. The molecule has 0 fully saturated rings. The zero-order valence-corrected chi connectivity index (χ0v) is 14.8. The third-order valence-corrected chi connectivity index (χ3v) is 3.79. The second-order valence-corrected chi connectivity index (χ2v) is 5.40. The number of hydrogen-bond donors (Lipinski definition) is 1. The van der Waals surface area contributed by atoms with Crippen molar-refractivity contribution < 1.29 is 44.9 Å². The first kappa shape index (κ1) is 21.8. The van der Waals surface area contributed by atoms with E-state index in [2.05, 4.69) is 10.8 Å². The lowest BCUT2D eigenvalue weighted by Gasteiger charge is -2.20. The van der Waals surface area contributed by atoms with E-state index < -0.39 is 35.0 Å². The fourth-order valence-electron chi connectivity index (χ4n) is 2.58. The predicted molar refractivity (Wildman–Crippen MR) is 78.6 cm³/mol. The monoisotopic (exact) mass is 398 g/mol. The van der Waals surface area contributed by atoms with Crippen LogP contribution in [0.15, 0.2) is 12.1 Å². The SMILES string of the molecule is Cc1nn(C)c(C(=O)N(C)c2ccc(F)c(C[NH3+])c2F)c1C(F)(F)F.[Cl-]. The molecule has 1 aromatic carbocycles. The molecule has 0 bridgehead atoms. The minimum atomic E-state index is -4.80. The van der Waals surface area contributed by atoms with E-state index in [0.717, 1.165) is 30.8 Å². The highest BCUT2D eigenvalue weighted by Gasteiger charge is 2.41. The number of aryl methyl sites for hydroxylation is 2. The van der Waals surface area contributed by atoms with Gasteiger partial charge in [0.2, 0.25) is 0 Å². The van der Waals surface area contributed by atoms with E-state index >= 15 is 0 Å². The van der Waals surface area contributed by atoms with Crippen molar-refractivity contribution >= 4 is 11.6 Å². The average Bonchev–Trinajstić information content (AvgIpc) is 2.81. The summed E-state index contributed by atoms with van der Waals surface area (Å²) < 4.78 is 68.5. The van der Waals surface area contributed by atoms with E-state index in [1.165, 1.54) is 7.05 Å². The quantitative estimate of drug-likeness (QED) is 0.677. The van der Waals surface area contributed by atoms with Gasteiger partial charge in [0.1, 0.15) is 23.6 Å². The number of rotatable bonds is 3. The van der Waals surface area contributed by atoms with Gasteiger partial charge in [-0.15, -0.1) is 0 Å². The smallest absolute Gasteiger partial charge is 0.420 e. The van der Waals surface area contributed by atoms with Crippen molar-refractivity contribution in [2.45, 2.75) is 19.6 Å². The van der Waals surface area contributed by atoms with Crippen LogP contribution in [0.4, 0.5) is 27.6 Å². The summed E-state index contributed by atoms with van der Waals surface area (Å²) in [6.07, 6.45) is -4.80. The highest BCUT2D eigenvalue weighted by molar-refractivity contribution is 6.06. The molecule has 26 heavy (non-hydrogen) atoms. The van der Waals surface area contributed by atoms with Crippen molar-refractivity contribution in [1.82, 2.24) is 9.78 Å². The number of alkyl halides is 3. The number of carbonyl (C=O) groups excluding carboxylic acids is 1. The Morgan fingerprint density at radius 3 is 2.38 bits per heavy atom. The van der Waals surface area contributed by atoms with Gasteiger partial charge in [-0.3, -0.25) is 9.48 Å². The van der Waals surface area contributed by atoms with Gasteiger partial charge in [-0.2, -0.15) is 18.3 Å². The van der Waals surface area contributed by atoms with Gasteiger partial charge >= 0.3 is 6.18 Å². The van der Waals surface area contributed by atoms with Crippen LogP contribution >= 0.6 is 0 Å². The Balaban J connectivity index is 0.00000338. The van der Waals surface area contributed by atoms with Crippen LogP contribution in [0.3, 0.4) is 0 Å². The largest absolute Gasteiger partial charge is 1.00 e. The fourth-order valence-corrected chi connectivity index (χ4v) is 2.58. The first-order chi connectivity index (χ1) is 11.5. The molecule has 2 rings (SSSR count). The molecule has 5 nitrogen and oxygen atoms in total. The lowest BCUT2D eigenvalue weighted by atomic mass is 10.1. The summed E-state index contributed by atoms with van der Waals surface area (Å²) in [5.74, 6) is -3.00. The lowest BCUT2D eigenvalue weighted by Crippen LogP contribution is -3.00. The van der Waals surface area contributed by atoms with E-state index in [4.69, 9.17) is 0 Å². The molecule has 0 radical (unpaired) electrons. The molecule has 1 aromatic heterocycles. The number of benzene rings is 1. The molecule has 0 aliphatic heterocycles. The first-order valence-corrected chi connectivity index (χ1v) is 7.15. The summed E-state index contributed by atoms with van der Waals surface area (Å²) in [6.45, 7) is 0.908. The molecule has 2 aromatic rings. The van der Waals surface area contributed by atoms with Crippen LogP contribution in [0.25, 0.3) is 0 Å². The Labute approximate surface area is 152 Å². The lowest BCUT2D eigenvalue weighted by molar-refractivity contribution is -0.387. The van der Waals surface area contributed by atoms with Gasteiger partial charge in [-0.25, -0.2) is 8.78 Å². The molecular formula is C15H16ClF5N4O. The topological polar surface area (TPSA) is 65.8 Å². The molecule has 0 spiro atoms. The molecule has 3 N–H and O–H groups in total. The van der Waals surface area contributed by atoms with Crippen molar-refractivity contribution in [3.8, 4) is 0 Å². The van der Waals surface area contributed by atoms with E-state index in [9.17, 15) is 26.7 Å². The van der Waals surface area contributed by atoms with Crippen LogP contribution in [-0.4, -0.2) is 22.7 Å². The normalized spacial score (nSPS) is 11.3. The summed E-state index contributed by atoms with van der Waals surface area (Å²) in [6, 6.07) is 1.92. The molecular weight excluding hydrogens is 383 g/mol. The van der Waals surface area contributed by atoms with Gasteiger partial charge in [-0.05, 0) is 19.1 Å². The zero-order chi connectivity index (χ0) is 19.1. The van der Waals surface area contributed by atoms with Crippen LogP contribution in [0.5, 0.6) is 0 Å². The maximum absolute atomic E-state index is 14.4. The summed E-state index contributed by atoms with van der Waals surface area (Å²) in [5.41, 5.74) is 0.408. The molecule has 0 atom stereocenters. The Morgan fingerprint density at radius 1 is 1.31 bits per heavy atom. The van der Waals surface area contributed by atoms with Gasteiger partial charge in [0.25, 0.3) is 5.91 Å². The number of anilines is 1. The van der Waals surface area contributed by atoms with Crippen LogP contribution < -0.4 is 23.0 Å². The maximum Gasteiger partial charge on any atom is 0.420 e. The average molecular weight is 399 g/mol. The number of aromatic nitrogens is 2. The van der Waals surface area contributed by atoms with Gasteiger partial charge in [0, 0.05) is 14.1 Å². The number of quaternary nitrogens is 1. The molecule has 0 saturated carbocycles. The van der Waals surface area contributed by atoms with Crippen LogP contribution in [-0.2, 0) is 19.8 Å². The first-order valence-electron chi connectivity index (χ1n) is 7.15. The van der Waals surface area contributed by atoms with Crippen LogP contribution in [0, 0.1) is 18.6 Å². The van der Waals surface area contributed by atoms with Crippen molar-refractivity contribution in [2.75, 3.05) is 11.9 Å². The molecule has 0 unspecified atom stereocenters. The number of amides is 1. The predicted octanol–water partition coefficient (Wildman–Crippen LogP) is -0.952. The van der Waals surface area contributed by atoms with E-state index in [0.29, 0.717) is 4.90 Å². The van der Waals surface area contributed by atoms with Gasteiger partial charge in [-0.1, -0.05) is 0 Å². The van der Waals surface area contributed by atoms with Crippen LogP contribution in [0.1, 0.15) is 27.3 Å². The summed E-state index contributed by atoms with van der Waals surface area (Å²) in [5, 5.41) is 3.63. The molecule has 144 valence electrons. The van der Waals surface area contributed by atoms with Crippen LogP contribution in [0.2, 0.25) is 0 Å². The summed E-state index contributed by atoms with van der Waals surface area (Å²) >= 11 is 0. The number of carbonyl (C=O) groups is 1. The molecule has 0 aliphatic carbocycles. The van der Waals surface area contributed by atoms with Crippen molar-refractivity contribution in [3.63, 3.8) is 0 Å². The molecule has 1 amide bonds. The highest BCUT2D eigenvalue weighted by Crippen LogP contribution is 2.35. The number of hydrogen-bond acceptors (Lipinski definition) is 2. The fraction of sp³-hybridized carbons (Fsp3) is 0.333. The molecule has 1 heterocycles. The molecule has 11 heteroatoms. The Morgan fingerprint density at radius 2 is 1.88 bits per heavy atom. The Kier molecular flexibility index (Phi) is 6.37.